The van der Waals surface area contributed by atoms with E-state index in [2.05, 4.69) is 4.98 Å². The zero-order chi connectivity index (χ0) is 10.8. The molecule has 0 radical (unpaired) electrons. The van der Waals surface area contributed by atoms with E-state index in [9.17, 15) is 4.39 Å². The summed E-state index contributed by atoms with van der Waals surface area (Å²) < 4.78 is 19.9. The predicted molar refractivity (Wildman–Crippen MR) is 54.4 cm³/mol. The molecular weight excluding hydrogens is 195 g/mol. The summed E-state index contributed by atoms with van der Waals surface area (Å²) in [6.07, 6.45) is 1.72. The van der Waals surface area contributed by atoms with Crippen LogP contribution >= 0.6 is 0 Å². The Morgan fingerprint density at radius 2 is 1.93 bits per heavy atom. The van der Waals surface area contributed by atoms with Crippen LogP contribution in [-0.2, 0) is 7.05 Å². The van der Waals surface area contributed by atoms with Crippen LogP contribution in [0.4, 0.5) is 4.39 Å². The van der Waals surface area contributed by atoms with E-state index in [1.807, 2.05) is 18.5 Å². The van der Waals surface area contributed by atoms with E-state index in [0.29, 0.717) is 11.8 Å². The Labute approximate surface area is 87.1 Å². The number of rotatable bonds is 2. The third-order valence-electron chi connectivity index (χ3n) is 2.20. The second-order valence-corrected chi connectivity index (χ2v) is 3.30. The lowest BCUT2D eigenvalue weighted by molar-refractivity contribution is 0.422. The highest BCUT2D eigenvalue weighted by Crippen LogP contribution is 2.20. The molecule has 0 saturated carbocycles. The van der Waals surface area contributed by atoms with Crippen molar-refractivity contribution in [2.24, 2.45) is 7.05 Å². The second kappa shape index (κ2) is 3.73. The van der Waals surface area contributed by atoms with Gasteiger partial charge in [-0.2, -0.15) is 0 Å². The Kier molecular flexibility index (Phi) is 2.41. The van der Waals surface area contributed by atoms with E-state index >= 15 is 0 Å². The Hall–Kier alpha value is -1.84. The summed E-state index contributed by atoms with van der Waals surface area (Å²) in [5, 5.41) is 0. The van der Waals surface area contributed by atoms with Gasteiger partial charge >= 0.3 is 6.01 Å². The molecule has 0 aliphatic rings. The van der Waals surface area contributed by atoms with Gasteiger partial charge in [0.15, 0.2) is 0 Å². The summed E-state index contributed by atoms with van der Waals surface area (Å²) in [5.74, 6) is 0.295. The van der Waals surface area contributed by atoms with Gasteiger partial charge in [-0.25, -0.2) is 9.37 Å². The molecule has 2 aromatic rings. The van der Waals surface area contributed by atoms with E-state index in [1.165, 1.54) is 12.1 Å². The number of halogens is 1. The van der Waals surface area contributed by atoms with Crippen LogP contribution < -0.4 is 4.74 Å². The van der Waals surface area contributed by atoms with Crippen molar-refractivity contribution < 1.29 is 9.13 Å². The molecule has 1 aromatic heterocycles. The maximum atomic E-state index is 12.6. The fourth-order valence-corrected chi connectivity index (χ4v) is 1.18. The van der Waals surface area contributed by atoms with Crippen molar-refractivity contribution in [2.75, 3.05) is 0 Å². The predicted octanol–water partition coefficient (Wildman–Crippen LogP) is 2.66. The van der Waals surface area contributed by atoms with Crippen molar-refractivity contribution in [1.82, 2.24) is 9.55 Å². The van der Waals surface area contributed by atoms with Crippen molar-refractivity contribution in [1.29, 1.82) is 0 Å². The van der Waals surface area contributed by atoms with E-state index in [-0.39, 0.29) is 5.82 Å². The van der Waals surface area contributed by atoms with Gasteiger partial charge in [-0.15, -0.1) is 0 Å². The van der Waals surface area contributed by atoms with Crippen molar-refractivity contribution >= 4 is 0 Å². The van der Waals surface area contributed by atoms with Crippen LogP contribution in [0.3, 0.4) is 0 Å². The van der Waals surface area contributed by atoms with Crippen LogP contribution in [0.2, 0.25) is 0 Å². The van der Waals surface area contributed by atoms with Crippen LogP contribution in [0, 0.1) is 12.7 Å². The zero-order valence-corrected chi connectivity index (χ0v) is 8.57. The highest BCUT2D eigenvalue weighted by molar-refractivity contribution is 5.25. The average Bonchev–Trinajstić information content (AvgIpc) is 2.53. The van der Waals surface area contributed by atoms with Gasteiger partial charge in [0.05, 0.1) is 6.20 Å². The summed E-state index contributed by atoms with van der Waals surface area (Å²) in [4.78, 5) is 4.08. The maximum Gasteiger partial charge on any atom is 0.301 e. The molecule has 3 nitrogen and oxygen atoms in total. The minimum Gasteiger partial charge on any atom is -0.426 e. The molecule has 0 aliphatic carbocycles. The fourth-order valence-electron chi connectivity index (χ4n) is 1.18. The Morgan fingerprint density at radius 3 is 2.47 bits per heavy atom. The van der Waals surface area contributed by atoms with E-state index in [1.54, 1.807) is 18.3 Å². The molecule has 15 heavy (non-hydrogen) atoms. The number of hydrogen-bond donors (Lipinski definition) is 0. The highest BCUT2D eigenvalue weighted by Gasteiger charge is 2.05. The normalized spacial score (nSPS) is 10.3. The standard InChI is InChI=1S/C11H11FN2O/c1-8-7-13-11(14(8)2)15-10-5-3-9(12)4-6-10/h3-7H,1-2H3. The first-order chi connectivity index (χ1) is 7.16. The molecule has 0 spiro atoms. The Bertz CT molecular complexity index is 462. The summed E-state index contributed by atoms with van der Waals surface area (Å²) in [7, 11) is 1.86. The highest BCUT2D eigenvalue weighted by atomic mass is 19.1. The van der Waals surface area contributed by atoms with Gasteiger partial charge in [-0.3, -0.25) is 0 Å². The Morgan fingerprint density at radius 1 is 1.27 bits per heavy atom. The van der Waals surface area contributed by atoms with Gasteiger partial charge < -0.3 is 9.30 Å². The fraction of sp³-hybridized carbons (Fsp3) is 0.182. The van der Waals surface area contributed by atoms with Crippen molar-refractivity contribution in [3.8, 4) is 11.8 Å². The van der Waals surface area contributed by atoms with Crippen LogP contribution in [0.1, 0.15) is 5.69 Å². The number of hydrogen-bond acceptors (Lipinski definition) is 2. The molecule has 1 aromatic carbocycles. The molecule has 4 heteroatoms. The Balaban J connectivity index is 2.22. The zero-order valence-electron chi connectivity index (χ0n) is 8.57. The van der Waals surface area contributed by atoms with E-state index in [4.69, 9.17) is 4.74 Å². The molecule has 0 bridgehead atoms. The molecule has 0 amide bonds. The molecule has 78 valence electrons. The second-order valence-electron chi connectivity index (χ2n) is 3.30. The van der Waals surface area contributed by atoms with E-state index in [0.717, 1.165) is 5.69 Å². The number of ether oxygens (including phenoxy) is 1. The van der Waals surface area contributed by atoms with Crippen LogP contribution in [0.25, 0.3) is 0 Å². The summed E-state index contributed by atoms with van der Waals surface area (Å²) in [5.41, 5.74) is 1.01. The van der Waals surface area contributed by atoms with Crippen LogP contribution in [-0.4, -0.2) is 9.55 Å². The van der Waals surface area contributed by atoms with Crippen LogP contribution in [0.5, 0.6) is 11.8 Å². The lowest BCUT2D eigenvalue weighted by Crippen LogP contribution is -1.95. The first-order valence-corrected chi connectivity index (χ1v) is 4.58. The number of aromatic nitrogens is 2. The number of imidazole rings is 1. The molecule has 0 unspecified atom stereocenters. The van der Waals surface area contributed by atoms with Crippen LogP contribution in [0.15, 0.2) is 30.5 Å². The van der Waals surface area contributed by atoms with Gasteiger partial charge in [-0.1, -0.05) is 0 Å². The molecular formula is C11H11FN2O. The summed E-state index contributed by atoms with van der Waals surface area (Å²) in [6.45, 7) is 1.94. The van der Waals surface area contributed by atoms with Gasteiger partial charge in [-0.05, 0) is 31.2 Å². The number of benzene rings is 1. The van der Waals surface area contributed by atoms with Gasteiger partial charge in [0.25, 0.3) is 0 Å². The van der Waals surface area contributed by atoms with Gasteiger partial charge in [0.2, 0.25) is 0 Å². The minimum atomic E-state index is -0.279. The van der Waals surface area contributed by atoms with E-state index < -0.39 is 0 Å². The molecule has 0 aliphatic heterocycles. The van der Waals surface area contributed by atoms with Crippen molar-refractivity contribution in [2.45, 2.75) is 6.92 Å². The topological polar surface area (TPSA) is 27.1 Å². The number of nitrogens with zero attached hydrogens (tertiary/aromatic N) is 2. The van der Waals surface area contributed by atoms with Gasteiger partial charge in [0.1, 0.15) is 11.6 Å². The summed E-state index contributed by atoms with van der Waals surface area (Å²) in [6, 6.07) is 6.34. The molecule has 0 saturated heterocycles. The third-order valence-corrected chi connectivity index (χ3v) is 2.20. The quantitative estimate of drug-likeness (QED) is 0.755. The lowest BCUT2D eigenvalue weighted by atomic mass is 10.3. The summed E-state index contributed by atoms with van der Waals surface area (Å²) >= 11 is 0. The van der Waals surface area contributed by atoms with Gasteiger partial charge in [0, 0.05) is 12.7 Å². The SMILES string of the molecule is Cc1cnc(Oc2ccc(F)cc2)n1C. The molecule has 2 rings (SSSR count). The molecule has 0 N–H and O–H groups in total. The van der Waals surface area contributed by atoms with Crippen molar-refractivity contribution in [3.63, 3.8) is 0 Å². The smallest absolute Gasteiger partial charge is 0.301 e. The largest absolute Gasteiger partial charge is 0.426 e. The maximum absolute atomic E-state index is 12.6. The third kappa shape index (κ3) is 1.98. The lowest BCUT2D eigenvalue weighted by Gasteiger charge is -2.05. The molecule has 1 heterocycles. The first kappa shape index (κ1) is 9.71. The monoisotopic (exact) mass is 206 g/mol. The minimum absolute atomic E-state index is 0.279. The van der Waals surface area contributed by atoms with Crippen molar-refractivity contribution in [3.05, 3.63) is 42.0 Å². The molecule has 0 atom stereocenters. The molecule has 0 fully saturated rings. The average molecular weight is 206 g/mol. The number of aryl methyl sites for hydroxylation is 1. The first-order valence-electron chi connectivity index (χ1n) is 4.58.